The van der Waals surface area contributed by atoms with Crippen molar-refractivity contribution in [1.82, 2.24) is 0 Å². The van der Waals surface area contributed by atoms with Gasteiger partial charge in [0.25, 0.3) is 0 Å². The monoisotopic (exact) mass is 384 g/mol. The number of aliphatic hydroxyl groups excluding tert-OH is 1. The molecule has 0 saturated heterocycles. The molecule has 0 rings (SSSR count). The molecule has 0 amide bonds. The Labute approximate surface area is 153 Å². The van der Waals surface area contributed by atoms with Gasteiger partial charge in [-0.15, -0.1) is 0 Å². The van der Waals surface area contributed by atoms with Crippen molar-refractivity contribution in [3.63, 3.8) is 0 Å². The minimum Gasteiger partial charge on any atom is -0.388 e. The lowest BCUT2D eigenvalue weighted by atomic mass is 10.1. The highest BCUT2D eigenvalue weighted by Gasteiger charge is 2.23. The Morgan fingerprint density at radius 1 is 0.920 bits per heavy atom. The van der Waals surface area contributed by atoms with Crippen LogP contribution in [0, 0.1) is 0 Å². The molecule has 0 fully saturated rings. The Morgan fingerprint density at radius 2 is 1.52 bits per heavy atom. The molecule has 152 valence electrons. The molecular weight excluding hydrogens is 345 g/mol. The highest BCUT2D eigenvalue weighted by atomic mass is 31.2. The summed E-state index contributed by atoms with van der Waals surface area (Å²) >= 11 is 0. The largest absolute Gasteiger partial charge is 0.472 e. The molecule has 8 heteroatoms. The van der Waals surface area contributed by atoms with Gasteiger partial charge in [-0.3, -0.25) is 9.05 Å². The highest BCUT2D eigenvalue weighted by Crippen LogP contribution is 2.43. The van der Waals surface area contributed by atoms with Crippen LogP contribution >= 0.6 is 7.82 Å². The van der Waals surface area contributed by atoms with Crippen LogP contribution in [0.1, 0.15) is 51.9 Å². The zero-order chi connectivity index (χ0) is 19.2. The minimum absolute atomic E-state index is 0.0920. The maximum Gasteiger partial charge on any atom is 0.472 e. The molecule has 0 aromatic heterocycles. The molecule has 0 saturated carbocycles. The summed E-state index contributed by atoms with van der Waals surface area (Å²) in [6.07, 6.45) is 7.49. The molecule has 0 aromatic carbocycles. The summed E-state index contributed by atoms with van der Waals surface area (Å²) in [4.78, 5) is 9.54. The molecule has 0 radical (unpaired) electrons. The van der Waals surface area contributed by atoms with E-state index in [0.717, 1.165) is 12.8 Å². The first-order valence-corrected chi connectivity index (χ1v) is 10.8. The van der Waals surface area contributed by atoms with Crippen molar-refractivity contribution in [1.29, 1.82) is 0 Å². The summed E-state index contributed by atoms with van der Waals surface area (Å²) in [6, 6.07) is 0. The van der Waals surface area contributed by atoms with Crippen molar-refractivity contribution in [2.45, 2.75) is 58.0 Å². The van der Waals surface area contributed by atoms with Gasteiger partial charge in [0.15, 0.2) is 0 Å². The first kappa shape index (κ1) is 25.0. The maximum absolute atomic E-state index is 11.7. The van der Waals surface area contributed by atoms with Gasteiger partial charge in [0.05, 0.1) is 34.4 Å². The highest BCUT2D eigenvalue weighted by molar-refractivity contribution is 7.47. The zero-order valence-corrected chi connectivity index (χ0v) is 17.4. The van der Waals surface area contributed by atoms with Gasteiger partial charge >= 0.3 is 7.82 Å². The van der Waals surface area contributed by atoms with Crippen molar-refractivity contribution in [2.75, 3.05) is 54.1 Å². The smallest absolute Gasteiger partial charge is 0.388 e. The molecule has 2 N–H and O–H groups in total. The topological polar surface area (TPSA) is 85.2 Å². The molecule has 7 nitrogen and oxygen atoms in total. The van der Waals surface area contributed by atoms with Crippen LogP contribution in [0.25, 0.3) is 0 Å². The van der Waals surface area contributed by atoms with Crippen molar-refractivity contribution in [2.24, 2.45) is 0 Å². The van der Waals surface area contributed by atoms with Crippen LogP contribution in [-0.4, -0.2) is 74.7 Å². The summed E-state index contributed by atoms with van der Waals surface area (Å²) < 4.78 is 27.3. The van der Waals surface area contributed by atoms with Crippen LogP contribution in [-0.2, 0) is 18.3 Å². The number of phosphoric acid groups is 1. The molecule has 0 bridgehead atoms. The Hall–Kier alpha value is -0.0100. The fourth-order valence-corrected chi connectivity index (χ4v) is 2.82. The van der Waals surface area contributed by atoms with Crippen LogP contribution in [0.4, 0.5) is 0 Å². The van der Waals surface area contributed by atoms with Gasteiger partial charge < -0.3 is 19.2 Å². The van der Waals surface area contributed by atoms with E-state index in [1.54, 1.807) is 0 Å². The quantitative estimate of drug-likeness (QED) is 0.228. The molecular formula is C17H39NO6P+. The normalized spacial score (nSPS) is 15.9. The van der Waals surface area contributed by atoms with Gasteiger partial charge in [-0.05, 0) is 6.42 Å². The third kappa shape index (κ3) is 18.6. The second-order valence-corrected chi connectivity index (χ2v) is 8.92. The van der Waals surface area contributed by atoms with Crippen molar-refractivity contribution in [3.8, 4) is 0 Å². The molecule has 0 heterocycles. The van der Waals surface area contributed by atoms with E-state index < -0.39 is 13.9 Å². The number of hydrogen-bond donors (Lipinski definition) is 2. The van der Waals surface area contributed by atoms with Gasteiger partial charge in [-0.1, -0.05) is 45.4 Å². The Morgan fingerprint density at radius 3 is 2.12 bits per heavy atom. The number of unbranched alkanes of at least 4 members (excludes halogenated alkanes) is 6. The zero-order valence-electron chi connectivity index (χ0n) is 16.5. The minimum atomic E-state index is -4.12. The second-order valence-electron chi connectivity index (χ2n) is 7.46. The lowest BCUT2D eigenvalue weighted by Crippen LogP contribution is -2.37. The molecule has 25 heavy (non-hydrogen) atoms. The first-order valence-electron chi connectivity index (χ1n) is 9.34. The Bertz CT molecular complexity index is 362. The fourth-order valence-electron chi connectivity index (χ4n) is 2.08. The van der Waals surface area contributed by atoms with E-state index in [9.17, 15) is 14.6 Å². The predicted molar refractivity (Wildman–Crippen MR) is 99.4 cm³/mol. The number of rotatable bonds is 17. The Balaban J connectivity index is 3.59. The number of hydrogen-bond acceptors (Lipinski definition) is 5. The van der Waals surface area contributed by atoms with Gasteiger partial charge in [0, 0.05) is 6.61 Å². The standard InChI is InChI=1S/C17H38NO6P/c1-5-6-7-8-9-10-11-13-22-15-17(19)16-24-25(20,21)23-14-12-18(2,3)4/h17,19H,5-16H2,1-4H3/p+1. The second kappa shape index (κ2) is 14.1. The van der Waals surface area contributed by atoms with Crippen LogP contribution < -0.4 is 0 Å². The van der Waals surface area contributed by atoms with Gasteiger partial charge in [-0.2, -0.15) is 0 Å². The van der Waals surface area contributed by atoms with Crippen molar-refractivity contribution >= 4 is 7.82 Å². The number of likely N-dealkylation sites (N-methyl/N-ethyl adjacent to an activating group) is 1. The lowest BCUT2D eigenvalue weighted by Gasteiger charge is -2.24. The predicted octanol–water partition coefficient (Wildman–Crippen LogP) is 2.95. The summed E-state index contributed by atoms with van der Waals surface area (Å²) in [5.74, 6) is 0. The average molecular weight is 384 g/mol. The lowest BCUT2D eigenvalue weighted by molar-refractivity contribution is -0.870. The van der Waals surface area contributed by atoms with E-state index in [4.69, 9.17) is 13.8 Å². The Kier molecular flexibility index (Phi) is 14.1. The van der Waals surface area contributed by atoms with Gasteiger partial charge in [0.2, 0.25) is 0 Å². The number of nitrogens with zero attached hydrogens (tertiary/aromatic N) is 1. The fraction of sp³-hybridized carbons (Fsp3) is 1.00. The summed E-state index contributed by atoms with van der Waals surface area (Å²) in [7, 11) is 1.75. The van der Waals surface area contributed by atoms with E-state index in [2.05, 4.69) is 6.92 Å². The van der Waals surface area contributed by atoms with Gasteiger partial charge in [0.1, 0.15) is 19.3 Å². The summed E-state index contributed by atoms with van der Waals surface area (Å²) in [5.41, 5.74) is 0. The van der Waals surface area contributed by atoms with Crippen LogP contribution in [0.5, 0.6) is 0 Å². The molecule has 0 spiro atoms. The number of ether oxygens (including phenoxy) is 1. The average Bonchev–Trinajstić information content (AvgIpc) is 2.50. The van der Waals surface area contributed by atoms with E-state index in [1.807, 2.05) is 21.1 Å². The van der Waals surface area contributed by atoms with Crippen LogP contribution in [0.15, 0.2) is 0 Å². The SMILES string of the molecule is CCCCCCCCCOCC(O)COP(=O)(O)OCC[N+](C)(C)C. The molecule has 0 aliphatic carbocycles. The summed E-state index contributed by atoms with van der Waals surface area (Å²) in [6.45, 7) is 3.29. The number of phosphoric ester groups is 1. The number of aliphatic hydroxyl groups is 1. The van der Waals surface area contributed by atoms with E-state index in [1.165, 1.54) is 32.1 Å². The van der Waals surface area contributed by atoms with Crippen molar-refractivity contribution in [3.05, 3.63) is 0 Å². The first-order chi connectivity index (χ1) is 11.7. The molecule has 0 aliphatic rings. The summed E-state index contributed by atoms with van der Waals surface area (Å²) in [5, 5.41) is 9.73. The van der Waals surface area contributed by atoms with Crippen LogP contribution in [0.3, 0.4) is 0 Å². The van der Waals surface area contributed by atoms with Gasteiger partial charge in [-0.25, -0.2) is 4.57 Å². The van der Waals surface area contributed by atoms with Crippen molar-refractivity contribution < 1.29 is 32.8 Å². The van der Waals surface area contributed by atoms with E-state index in [-0.39, 0.29) is 19.8 Å². The molecule has 2 unspecified atom stereocenters. The van der Waals surface area contributed by atoms with E-state index >= 15 is 0 Å². The third-order valence-electron chi connectivity index (χ3n) is 3.65. The molecule has 0 aliphatic heterocycles. The maximum atomic E-state index is 11.7. The molecule has 0 aromatic rings. The third-order valence-corrected chi connectivity index (χ3v) is 4.63. The molecule has 2 atom stereocenters. The van der Waals surface area contributed by atoms with Crippen LogP contribution in [0.2, 0.25) is 0 Å². The number of quaternary nitrogens is 1. The van der Waals surface area contributed by atoms with E-state index in [0.29, 0.717) is 17.6 Å².